The molecule has 3 aromatic rings. The number of carbonyl (C=O) groups excluding carboxylic acids is 2. The lowest BCUT2D eigenvalue weighted by molar-refractivity contribution is -0.140. The number of carboxylic acid groups (broad SMARTS) is 1. The van der Waals surface area contributed by atoms with Gasteiger partial charge in [-0.1, -0.05) is 24.3 Å². The maximum absolute atomic E-state index is 13.8. The number of aryl methyl sites for hydroxylation is 1. The molecule has 4 rings (SSSR count). The second-order valence-corrected chi connectivity index (χ2v) is 8.17. The zero-order chi connectivity index (χ0) is 25.3. The summed E-state index contributed by atoms with van der Waals surface area (Å²) < 4.78 is 19.0. The summed E-state index contributed by atoms with van der Waals surface area (Å²) >= 11 is 0. The minimum atomic E-state index is -1.08. The number of carboxylic acids is 1. The number of benzene rings is 3. The van der Waals surface area contributed by atoms with E-state index in [1.165, 1.54) is 49.3 Å². The zero-order valence-corrected chi connectivity index (χ0v) is 19.0. The fourth-order valence-corrected chi connectivity index (χ4v) is 4.07. The van der Waals surface area contributed by atoms with E-state index in [1.807, 2.05) is 0 Å². The Hall–Kier alpha value is -4.46. The lowest BCUT2D eigenvalue weighted by Gasteiger charge is -2.25. The highest BCUT2D eigenvalue weighted by molar-refractivity contribution is 6.46. The predicted molar refractivity (Wildman–Crippen MR) is 125 cm³/mol. The minimum Gasteiger partial charge on any atom is -0.507 e. The van der Waals surface area contributed by atoms with Crippen LogP contribution in [0.25, 0.3) is 5.76 Å². The van der Waals surface area contributed by atoms with Crippen LogP contribution in [-0.2, 0) is 16.1 Å². The third kappa shape index (κ3) is 4.50. The molecule has 1 unspecified atom stereocenters. The van der Waals surface area contributed by atoms with Crippen LogP contribution in [0.15, 0.2) is 72.3 Å². The van der Waals surface area contributed by atoms with Crippen molar-refractivity contribution in [3.63, 3.8) is 0 Å². The second-order valence-electron chi connectivity index (χ2n) is 8.17. The molecule has 8 heteroatoms. The van der Waals surface area contributed by atoms with E-state index >= 15 is 0 Å². The third-order valence-corrected chi connectivity index (χ3v) is 5.96. The molecule has 1 heterocycles. The van der Waals surface area contributed by atoms with Crippen LogP contribution in [0, 0.1) is 12.7 Å². The summed E-state index contributed by atoms with van der Waals surface area (Å²) in [6, 6.07) is 15.7. The monoisotopic (exact) mass is 475 g/mol. The van der Waals surface area contributed by atoms with Crippen LogP contribution in [-0.4, -0.2) is 39.9 Å². The standard InChI is InChI=1S/C27H22FNO6/c1-15-13-19(9-12-21(15)28)24(30)22-23(17-7-10-20(35-2)11-8-17)29(26(32)25(22)31)14-16-3-5-18(6-4-16)27(33)34/h3-13,23,30H,14H2,1-2H3,(H,33,34)/b24-22-. The number of Topliss-reactive ketones (excluding diaryl/α,β-unsaturated/α-hetero) is 1. The Morgan fingerprint density at radius 3 is 2.17 bits per heavy atom. The summed E-state index contributed by atoms with van der Waals surface area (Å²) in [4.78, 5) is 38.7. The van der Waals surface area contributed by atoms with E-state index in [0.29, 0.717) is 16.9 Å². The molecule has 1 amide bonds. The molecule has 1 atom stereocenters. The first kappa shape index (κ1) is 23.7. The number of amides is 1. The number of hydrogen-bond acceptors (Lipinski definition) is 5. The Bertz CT molecular complexity index is 1350. The van der Waals surface area contributed by atoms with Gasteiger partial charge in [-0.05, 0) is 66.1 Å². The lowest BCUT2D eigenvalue weighted by Crippen LogP contribution is -2.29. The molecule has 1 aliphatic heterocycles. The van der Waals surface area contributed by atoms with Crippen LogP contribution >= 0.6 is 0 Å². The average molecular weight is 475 g/mol. The van der Waals surface area contributed by atoms with Gasteiger partial charge in [-0.3, -0.25) is 9.59 Å². The molecule has 0 bridgehead atoms. The van der Waals surface area contributed by atoms with Crippen molar-refractivity contribution in [2.24, 2.45) is 0 Å². The number of ether oxygens (including phenoxy) is 1. The van der Waals surface area contributed by atoms with E-state index in [1.54, 1.807) is 36.4 Å². The summed E-state index contributed by atoms with van der Waals surface area (Å²) in [5.74, 6) is -3.05. The van der Waals surface area contributed by atoms with E-state index in [4.69, 9.17) is 9.84 Å². The van der Waals surface area contributed by atoms with E-state index in [0.717, 1.165) is 0 Å². The zero-order valence-electron chi connectivity index (χ0n) is 19.0. The molecule has 0 spiro atoms. The number of aromatic carboxylic acids is 1. The molecule has 1 fully saturated rings. The van der Waals surface area contributed by atoms with Crippen LogP contribution in [0.2, 0.25) is 0 Å². The third-order valence-electron chi connectivity index (χ3n) is 5.96. The number of ketones is 1. The summed E-state index contributed by atoms with van der Waals surface area (Å²) in [6.45, 7) is 1.53. The van der Waals surface area contributed by atoms with E-state index in [9.17, 15) is 23.9 Å². The maximum atomic E-state index is 13.8. The quantitative estimate of drug-likeness (QED) is 0.310. The Labute approximate surface area is 200 Å². The normalized spacial score (nSPS) is 17.0. The molecular weight excluding hydrogens is 453 g/mol. The van der Waals surface area contributed by atoms with Crippen LogP contribution in [0.4, 0.5) is 4.39 Å². The van der Waals surface area contributed by atoms with Crippen molar-refractivity contribution in [1.82, 2.24) is 4.90 Å². The van der Waals surface area contributed by atoms with Crippen molar-refractivity contribution in [3.05, 3.63) is 106 Å². The fourth-order valence-electron chi connectivity index (χ4n) is 4.07. The molecule has 1 saturated heterocycles. The summed E-state index contributed by atoms with van der Waals surface area (Å²) in [5.41, 5.74) is 1.64. The smallest absolute Gasteiger partial charge is 0.335 e. The second kappa shape index (κ2) is 9.42. The molecule has 0 aromatic heterocycles. The van der Waals surface area contributed by atoms with Crippen molar-refractivity contribution >= 4 is 23.4 Å². The van der Waals surface area contributed by atoms with Gasteiger partial charge in [0.05, 0.1) is 24.3 Å². The molecule has 0 saturated carbocycles. The van der Waals surface area contributed by atoms with Crippen molar-refractivity contribution in [1.29, 1.82) is 0 Å². The highest BCUT2D eigenvalue weighted by Gasteiger charge is 2.46. The number of nitrogens with zero attached hydrogens (tertiary/aromatic N) is 1. The van der Waals surface area contributed by atoms with Gasteiger partial charge in [0.2, 0.25) is 0 Å². The lowest BCUT2D eigenvalue weighted by atomic mass is 9.94. The van der Waals surface area contributed by atoms with Gasteiger partial charge < -0.3 is 19.8 Å². The number of hydrogen-bond donors (Lipinski definition) is 2. The SMILES string of the molecule is COc1ccc(C2/C(=C(/O)c3ccc(F)c(C)c3)C(=O)C(=O)N2Cc2ccc(C(=O)O)cc2)cc1. The number of aliphatic hydroxyl groups is 1. The van der Waals surface area contributed by atoms with Crippen LogP contribution in [0.1, 0.15) is 38.7 Å². The molecule has 7 nitrogen and oxygen atoms in total. The molecule has 3 aromatic carbocycles. The maximum Gasteiger partial charge on any atom is 0.335 e. The van der Waals surface area contributed by atoms with Gasteiger partial charge in [0.15, 0.2) is 0 Å². The summed E-state index contributed by atoms with van der Waals surface area (Å²) in [7, 11) is 1.51. The number of halogens is 1. The highest BCUT2D eigenvalue weighted by atomic mass is 19.1. The number of methoxy groups -OCH3 is 1. The van der Waals surface area contributed by atoms with Crippen LogP contribution in [0.5, 0.6) is 5.75 Å². The number of carbonyl (C=O) groups is 3. The van der Waals surface area contributed by atoms with Crippen molar-refractivity contribution < 1.29 is 33.7 Å². The first-order chi connectivity index (χ1) is 16.7. The van der Waals surface area contributed by atoms with Crippen molar-refractivity contribution in [2.45, 2.75) is 19.5 Å². The topological polar surface area (TPSA) is 104 Å². The summed E-state index contributed by atoms with van der Waals surface area (Å²) in [5, 5.41) is 20.2. The molecule has 0 radical (unpaired) electrons. The fraction of sp³-hybridized carbons (Fsp3) is 0.148. The van der Waals surface area contributed by atoms with Crippen molar-refractivity contribution in [2.75, 3.05) is 7.11 Å². The largest absolute Gasteiger partial charge is 0.507 e. The molecule has 35 heavy (non-hydrogen) atoms. The number of rotatable bonds is 6. The van der Waals surface area contributed by atoms with Crippen LogP contribution in [0.3, 0.4) is 0 Å². The van der Waals surface area contributed by atoms with E-state index in [-0.39, 0.29) is 28.8 Å². The van der Waals surface area contributed by atoms with Crippen LogP contribution < -0.4 is 4.74 Å². The Morgan fingerprint density at radius 1 is 0.971 bits per heavy atom. The molecule has 178 valence electrons. The molecular formula is C27H22FNO6. The van der Waals surface area contributed by atoms with Gasteiger partial charge in [-0.25, -0.2) is 9.18 Å². The molecule has 2 N–H and O–H groups in total. The minimum absolute atomic E-state index is 0.000391. The first-order valence-corrected chi connectivity index (χ1v) is 10.7. The van der Waals surface area contributed by atoms with Gasteiger partial charge in [0, 0.05) is 12.1 Å². The first-order valence-electron chi connectivity index (χ1n) is 10.7. The van der Waals surface area contributed by atoms with E-state index in [2.05, 4.69) is 0 Å². The van der Waals surface area contributed by atoms with Crippen molar-refractivity contribution in [3.8, 4) is 5.75 Å². The van der Waals surface area contributed by atoms with Gasteiger partial charge in [0.1, 0.15) is 17.3 Å². The highest BCUT2D eigenvalue weighted by Crippen LogP contribution is 2.40. The average Bonchev–Trinajstić information content (AvgIpc) is 3.10. The Morgan fingerprint density at radius 2 is 1.60 bits per heavy atom. The number of aliphatic hydroxyl groups excluding tert-OH is 1. The molecule has 1 aliphatic rings. The van der Waals surface area contributed by atoms with E-state index < -0.39 is 35.3 Å². The molecule has 0 aliphatic carbocycles. The van der Waals surface area contributed by atoms with Gasteiger partial charge in [-0.2, -0.15) is 0 Å². The Kier molecular flexibility index (Phi) is 6.38. The van der Waals surface area contributed by atoms with Gasteiger partial charge in [0.25, 0.3) is 11.7 Å². The Balaban J connectivity index is 1.83. The predicted octanol–water partition coefficient (Wildman–Crippen LogP) is 4.46. The van der Waals surface area contributed by atoms with Gasteiger partial charge in [-0.15, -0.1) is 0 Å². The van der Waals surface area contributed by atoms with Gasteiger partial charge >= 0.3 is 5.97 Å². The summed E-state index contributed by atoms with van der Waals surface area (Å²) in [6.07, 6.45) is 0. The number of likely N-dealkylation sites (tertiary alicyclic amines) is 1.